The molecule has 0 spiro atoms. The van der Waals surface area contributed by atoms with Crippen LogP contribution in [0, 0.1) is 18.3 Å². The molecule has 0 aromatic carbocycles. The molecule has 2 aromatic heterocycles. The van der Waals surface area contributed by atoms with E-state index >= 15 is 0 Å². The number of hydrogen-bond acceptors (Lipinski definition) is 2. The largest absolute Gasteiger partial charge is 0.292 e. The molecule has 74 valence electrons. The SMILES string of the molecule is Cc1cc(Br)cnc1-n1cccc1C#N. The Hall–Kier alpha value is -1.60. The number of aryl methyl sites for hydroxylation is 1. The van der Waals surface area contributed by atoms with Crippen LogP contribution in [0.25, 0.3) is 5.82 Å². The van der Waals surface area contributed by atoms with E-state index in [0.29, 0.717) is 5.69 Å². The first kappa shape index (κ1) is 9.94. The van der Waals surface area contributed by atoms with Crippen LogP contribution < -0.4 is 0 Å². The summed E-state index contributed by atoms with van der Waals surface area (Å²) < 4.78 is 2.72. The topological polar surface area (TPSA) is 41.6 Å². The summed E-state index contributed by atoms with van der Waals surface area (Å²) >= 11 is 3.36. The van der Waals surface area contributed by atoms with Gasteiger partial charge in [-0.3, -0.25) is 4.57 Å². The van der Waals surface area contributed by atoms with Crippen LogP contribution in [0.4, 0.5) is 0 Å². The summed E-state index contributed by atoms with van der Waals surface area (Å²) in [6, 6.07) is 7.70. The minimum Gasteiger partial charge on any atom is -0.292 e. The molecule has 0 aliphatic heterocycles. The molecule has 0 saturated heterocycles. The number of rotatable bonds is 1. The van der Waals surface area contributed by atoms with Crippen molar-refractivity contribution in [3.05, 3.63) is 46.3 Å². The molecule has 0 aliphatic carbocycles. The second-order valence-corrected chi connectivity index (χ2v) is 4.08. The van der Waals surface area contributed by atoms with Crippen LogP contribution in [-0.2, 0) is 0 Å². The molecule has 0 radical (unpaired) electrons. The number of pyridine rings is 1. The lowest BCUT2D eigenvalue weighted by Gasteiger charge is -2.07. The van der Waals surface area contributed by atoms with Crippen molar-refractivity contribution in [2.75, 3.05) is 0 Å². The van der Waals surface area contributed by atoms with Crippen LogP contribution in [0.3, 0.4) is 0 Å². The zero-order valence-electron chi connectivity index (χ0n) is 8.11. The van der Waals surface area contributed by atoms with Gasteiger partial charge in [-0.1, -0.05) is 0 Å². The molecule has 4 heteroatoms. The van der Waals surface area contributed by atoms with Crippen molar-refractivity contribution < 1.29 is 0 Å². The highest BCUT2D eigenvalue weighted by Gasteiger charge is 2.06. The van der Waals surface area contributed by atoms with Gasteiger partial charge >= 0.3 is 0 Å². The maximum absolute atomic E-state index is 8.91. The van der Waals surface area contributed by atoms with Gasteiger partial charge in [0.2, 0.25) is 0 Å². The van der Waals surface area contributed by atoms with E-state index in [4.69, 9.17) is 5.26 Å². The van der Waals surface area contributed by atoms with E-state index in [2.05, 4.69) is 27.0 Å². The van der Waals surface area contributed by atoms with E-state index in [1.165, 1.54) is 0 Å². The quantitative estimate of drug-likeness (QED) is 0.792. The van der Waals surface area contributed by atoms with Gasteiger partial charge in [-0.05, 0) is 46.6 Å². The van der Waals surface area contributed by atoms with E-state index in [1.807, 2.05) is 25.3 Å². The minimum absolute atomic E-state index is 0.591. The van der Waals surface area contributed by atoms with E-state index < -0.39 is 0 Å². The first-order valence-electron chi connectivity index (χ1n) is 4.42. The summed E-state index contributed by atoms with van der Waals surface area (Å²) in [7, 11) is 0. The highest BCUT2D eigenvalue weighted by molar-refractivity contribution is 9.10. The fourth-order valence-electron chi connectivity index (χ4n) is 1.44. The highest BCUT2D eigenvalue weighted by Crippen LogP contribution is 2.18. The zero-order chi connectivity index (χ0) is 10.8. The third-order valence-electron chi connectivity index (χ3n) is 2.11. The molecule has 2 rings (SSSR count). The average Bonchev–Trinajstić information content (AvgIpc) is 2.65. The van der Waals surface area contributed by atoms with Crippen molar-refractivity contribution in [1.82, 2.24) is 9.55 Å². The predicted octanol–water partition coefficient (Wildman–Crippen LogP) is 2.81. The molecule has 2 heterocycles. The fraction of sp³-hybridized carbons (Fsp3) is 0.0909. The Balaban J connectivity index is 2.60. The Morgan fingerprint density at radius 1 is 1.53 bits per heavy atom. The van der Waals surface area contributed by atoms with Gasteiger partial charge in [-0.15, -0.1) is 0 Å². The van der Waals surface area contributed by atoms with Crippen molar-refractivity contribution in [1.29, 1.82) is 5.26 Å². The summed E-state index contributed by atoms with van der Waals surface area (Å²) in [5.74, 6) is 0.791. The standard InChI is InChI=1S/C11H8BrN3/c1-8-5-9(12)7-14-11(8)15-4-2-3-10(15)6-13/h2-5,7H,1H3. The van der Waals surface area contributed by atoms with E-state index in [-0.39, 0.29) is 0 Å². The van der Waals surface area contributed by atoms with Crippen molar-refractivity contribution in [3.8, 4) is 11.9 Å². The molecule has 15 heavy (non-hydrogen) atoms. The summed E-state index contributed by atoms with van der Waals surface area (Å²) in [5, 5.41) is 8.91. The number of halogens is 1. The first-order valence-corrected chi connectivity index (χ1v) is 5.21. The predicted molar refractivity (Wildman–Crippen MR) is 60.7 cm³/mol. The van der Waals surface area contributed by atoms with E-state index in [9.17, 15) is 0 Å². The smallest absolute Gasteiger partial charge is 0.140 e. The van der Waals surface area contributed by atoms with E-state index in [1.54, 1.807) is 16.8 Å². The Morgan fingerprint density at radius 3 is 3.00 bits per heavy atom. The molecule has 0 N–H and O–H groups in total. The lowest BCUT2D eigenvalue weighted by molar-refractivity contribution is 0.968. The number of nitriles is 1. The highest BCUT2D eigenvalue weighted by atomic mass is 79.9. The van der Waals surface area contributed by atoms with Gasteiger partial charge in [-0.2, -0.15) is 5.26 Å². The third kappa shape index (κ3) is 1.79. The normalized spacial score (nSPS) is 9.93. The monoisotopic (exact) mass is 261 g/mol. The molecule has 0 unspecified atom stereocenters. The van der Waals surface area contributed by atoms with Crippen LogP contribution in [0.5, 0.6) is 0 Å². The summed E-state index contributed by atoms with van der Waals surface area (Å²) in [4.78, 5) is 4.29. The zero-order valence-corrected chi connectivity index (χ0v) is 9.69. The average molecular weight is 262 g/mol. The van der Waals surface area contributed by atoms with Crippen LogP contribution in [0.1, 0.15) is 11.3 Å². The number of nitrogens with zero attached hydrogens (tertiary/aromatic N) is 3. The van der Waals surface area contributed by atoms with Gasteiger partial charge in [0.05, 0.1) is 0 Å². The molecule has 0 fully saturated rings. The van der Waals surface area contributed by atoms with Crippen molar-refractivity contribution >= 4 is 15.9 Å². The molecule has 0 saturated carbocycles. The van der Waals surface area contributed by atoms with Crippen LogP contribution >= 0.6 is 15.9 Å². The molecule has 0 atom stereocenters. The van der Waals surface area contributed by atoms with Crippen LogP contribution in [0.2, 0.25) is 0 Å². The maximum atomic E-state index is 8.91. The molecular formula is C11H8BrN3. The number of aromatic nitrogens is 2. The van der Waals surface area contributed by atoms with Crippen LogP contribution in [-0.4, -0.2) is 9.55 Å². The van der Waals surface area contributed by atoms with Crippen molar-refractivity contribution in [2.24, 2.45) is 0 Å². The van der Waals surface area contributed by atoms with E-state index in [0.717, 1.165) is 15.9 Å². The molecule has 2 aromatic rings. The Labute approximate surface area is 96.1 Å². The van der Waals surface area contributed by atoms with Gasteiger partial charge in [0.15, 0.2) is 0 Å². The summed E-state index contributed by atoms with van der Waals surface area (Å²) in [6.45, 7) is 1.97. The molecule has 3 nitrogen and oxygen atoms in total. The maximum Gasteiger partial charge on any atom is 0.140 e. The lowest BCUT2D eigenvalue weighted by Crippen LogP contribution is -2.00. The third-order valence-corrected chi connectivity index (χ3v) is 2.54. The Morgan fingerprint density at radius 2 is 2.33 bits per heavy atom. The number of hydrogen-bond donors (Lipinski definition) is 0. The summed E-state index contributed by atoms with van der Waals surface area (Å²) in [5.41, 5.74) is 1.62. The Kier molecular flexibility index (Phi) is 2.57. The first-order chi connectivity index (χ1) is 7.22. The second kappa shape index (κ2) is 3.87. The lowest BCUT2D eigenvalue weighted by atomic mass is 10.3. The van der Waals surface area contributed by atoms with Crippen molar-refractivity contribution in [3.63, 3.8) is 0 Å². The van der Waals surface area contributed by atoms with Crippen LogP contribution in [0.15, 0.2) is 35.1 Å². The molecule has 0 aliphatic rings. The summed E-state index contributed by atoms with van der Waals surface area (Å²) in [6.07, 6.45) is 3.56. The van der Waals surface area contributed by atoms with Gasteiger partial charge in [0.25, 0.3) is 0 Å². The molecule has 0 bridgehead atoms. The second-order valence-electron chi connectivity index (χ2n) is 3.17. The van der Waals surface area contributed by atoms with Gasteiger partial charge in [0, 0.05) is 16.9 Å². The molecule has 0 amide bonds. The Bertz CT molecular complexity index is 537. The van der Waals surface area contributed by atoms with Gasteiger partial charge < -0.3 is 0 Å². The fourth-order valence-corrected chi connectivity index (χ4v) is 1.89. The van der Waals surface area contributed by atoms with Crippen molar-refractivity contribution in [2.45, 2.75) is 6.92 Å². The van der Waals surface area contributed by atoms with Gasteiger partial charge in [-0.25, -0.2) is 4.98 Å². The van der Waals surface area contributed by atoms with Gasteiger partial charge in [0.1, 0.15) is 17.6 Å². The molecular weight excluding hydrogens is 254 g/mol. The minimum atomic E-state index is 0.591.